The standard InChI is InChI=1S/C12H15N3O4/c16-10-3-1-2-9(15(18)19)11(10)14-12(17)8-4-6-13-7-5-8/h1-3,8,13,16H,4-7H2,(H,14,17). The molecule has 1 aliphatic heterocycles. The molecule has 1 aromatic rings. The van der Waals surface area contributed by atoms with Gasteiger partial charge in [0.25, 0.3) is 5.69 Å². The number of benzene rings is 1. The van der Waals surface area contributed by atoms with Crippen LogP contribution in [0.25, 0.3) is 0 Å². The van der Waals surface area contributed by atoms with Crippen molar-refractivity contribution in [3.8, 4) is 5.75 Å². The summed E-state index contributed by atoms with van der Waals surface area (Å²) in [6.07, 6.45) is 1.38. The Hall–Kier alpha value is -2.15. The maximum absolute atomic E-state index is 12.0. The molecule has 1 heterocycles. The van der Waals surface area contributed by atoms with Crippen LogP contribution in [0.4, 0.5) is 11.4 Å². The highest BCUT2D eigenvalue weighted by atomic mass is 16.6. The number of para-hydroxylation sites is 1. The van der Waals surface area contributed by atoms with Gasteiger partial charge < -0.3 is 15.7 Å². The fourth-order valence-corrected chi connectivity index (χ4v) is 2.12. The van der Waals surface area contributed by atoms with E-state index in [-0.39, 0.29) is 28.9 Å². The molecule has 0 spiro atoms. The van der Waals surface area contributed by atoms with E-state index in [1.54, 1.807) is 0 Å². The van der Waals surface area contributed by atoms with E-state index in [9.17, 15) is 20.0 Å². The van der Waals surface area contributed by atoms with Gasteiger partial charge in [-0.15, -0.1) is 0 Å². The summed E-state index contributed by atoms with van der Waals surface area (Å²) >= 11 is 0. The van der Waals surface area contributed by atoms with Crippen molar-refractivity contribution in [2.45, 2.75) is 12.8 Å². The summed E-state index contributed by atoms with van der Waals surface area (Å²) in [6, 6.07) is 3.93. The van der Waals surface area contributed by atoms with Gasteiger partial charge in [-0.3, -0.25) is 14.9 Å². The lowest BCUT2D eigenvalue weighted by Crippen LogP contribution is -2.34. The highest BCUT2D eigenvalue weighted by Crippen LogP contribution is 2.33. The number of phenolic OH excluding ortho intramolecular Hbond substituents is 1. The molecule has 19 heavy (non-hydrogen) atoms. The van der Waals surface area contributed by atoms with Gasteiger partial charge in [0, 0.05) is 12.0 Å². The van der Waals surface area contributed by atoms with Crippen LogP contribution >= 0.6 is 0 Å². The Labute approximate surface area is 109 Å². The fraction of sp³-hybridized carbons (Fsp3) is 0.417. The summed E-state index contributed by atoms with van der Waals surface area (Å²) in [4.78, 5) is 22.3. The van der Waals surface area contributed by atoms with E-state index in [4.69, 9.17) is 0 Å². The molecule has 0 aliphatic carbocycles. The van der Waals surface area contributed by atoms with Gasteiger partial charge in [0.2, 0.25) is 5.91 Å². The van der Waals surface area contributed by atoms with Gasteiger partial charge in [-0.05, 0) is 32.0 Å². The molecule has 0 saturated carbocycles. The molecule has 1 fully saturated rings. The predicted molar refractivity (Wildman–Crippen MR) is 69.0 cm³/mol. The number of nitrogens with one attached hydrogen (secondary N) is 2. The predicted octanol–water partition coefficient (Wildman–Crippen LogP) is 1.24. The smallest absolute Gasteiger partial charge is 0.296 e. The number of nitrogens with zero attached hydrogens (tertiary/aromatic N) is 1. The Morgan fingerprint density at radius 1 is 1.42 bits per heavy atom. The Balaban J connectivity index is 2.18. The van der Waals surface area contributed by atoms with Crippen LogP contribution in [0, 0.1) is 16.0 Å². The minimum Gasteiger partial charge on any atom is -0.505 e. The number of carbonyl (C=O) groups excluding carboxylic acids is 1. The number of hydrogen-bond acceptors (Lipinski definition) is 5. The molecule has 1 amide bonds. The molecule has 1 aromatic carbocycles. The Morgan fingerprint density at radius 3 is 2.74 bits per heavy atom. The fourth-order valence-electron chi connectivity index (χ4n) is 2.12. The lowest BCUT2D eigenvalue weighted by atomic mass is 9.97. The number of aromatic hydroxyl groups is 1. The van der Waals surface area contributed by atoms with E-state index >= 15 is 0 Å². The topological polar surface area (TPSA) is 104 Å². The normalized spacial score (nSPS) is 16.0. The van der Waals surface area contributed by atoms with Crippen LogP contribution in [0.3, 0.4) is 0 Å². The van der Waals surface area contributed by atoms with E-state index in [1.165, 1.54) is 18.2 Å². The zero-order valence-electron chi connectivity index (χ0n) is 10.3. The molecule has 2 rings (SSSR count). The Morgan fingerprint density at radius 2 is 2.11 bits per heavy atom. The molecule has 102 valence electrons. The van der Waals surface area contributed by atoms with Crippen molar-refractivity contribution in [3.05, 3.63) is 28.3 Å². The van der Waals surface area contributed by atoms with Gasteiger partial charge >= 0.3 is 0 Å². The molecule has 0 aromatic heterocycles. The van der Waals surface area contributed by atoms with Crippen LogP contribution < -0.4 is 10.6 Å². The average Bonchev–Trinajstić information content (AvgIpc) is 2.41. The number of anilines is 1. The minimum atomic E-state index is -0.627. The molecule has 3 N–H and O–H groups in total. The molecule has 1 saturated heterocycles. The monoisotopic (exact) mass is 265 g/mol. The largest absolute Gasteiger partial charge is 0.505 e. The summed E-state index contributed by atoms with van der Waals surface area (Å²) < 4.78 is 0. The molecule has 7 nitrogen and oxygen atoms in total. The molecule has 1 aliphatic rings. The summed E-state index contributed by atoms with van der Waals surface area (Å²) in [5, 5.41) is 26.1. The van der Waals surface area contributed by atoms with Crippen molar-refractivity contribution >= 4 is 17.3 Å². The van der Waals surface area contributed by atoms with Crippen molar-refractivity contribution in [2.24, 2.45) is 5.92 Å². The lowest BCUT2D eigenvalue weighted by molar-refractivity contribution is -0.384. The second kappa shape index (κ2) is 5.66. The highest BCUT2D eigenvalue weighted by Gasteiger charge is 2.25. The lowest BCUT2D eigenvalue weighted by Gasteiger charge is -2.21. The van der Waals surface area contributed by atoms with Crippen LogP contribution in [0.1, 0.15) is 12.8 Å². The van der Waals surface area contributed by atoms with E-state index in [0.29, 0.717) is 12.8 Å². The number of hydrogen-bond donors (Lipinski definition) is 3. The highest BCUT2D eigenvalue weighted by molar-refractivity contribution is 5.96. The van der Waals surface area contributed by atoms with Gasteiger partial charge in [0.15, 0.2) is 5.69 Å². The van der Waals surface area contributed by atoms with Gasteiger partial charge in [0.1, 0.15) is 5.75 Å². The first kappa shape index (κ1) is 13.3. The first-order chi connectivity index (χ1) is 9.09. The molecular formula is C12H15N3O4. The third kappa shape index (κ3) is 3.00. The second-order valence-corrected chi connectivity index (χ2v) is 4.44. The number of nitro benzene ring substituents is 1. The van der Waals surface area contributed by atoms with Gasteiger partial charge in [-0.25, -0.2) is 0 Å². The van der Waals surface area contributed by atoms with E-state index < -0.39 is 4.92 Å². The third-order valence-electron chi connectivity index (χ3n) is 3.18. The maximum atomic E-state index is 12.0. The van der Waals surface area contributed by atoms with Crippen LogP contribution in [-0.2, 0) is 4.79 Å². The Bertz CT molecular complexity index is 498. The van der Waals surface area contributed by atoms with Crippen LogP contribution in [0.5, 0.6) is 5.75 Å². The zero-order valence-corrected chi connectivity index (χ0v) is 10.3. The molecule has 0 bridgehead atoms. The van der Waals surface area contributed by atoms with Gasteiger partial charge in [0.05, 0.1) is 4.92 Å². The SMILES string of the molecule is O=C(Nc1c(O)cccc1[N+](=O)[O-])C1CCNCC1. The number of amides is 1. The van der Waals surface area contributed by atoms with Crippen LogP contribution in [0.2, 0.25) is 0 Å². The van der Waals surface area contributed by atoms with E-state index in [0.717, 1.165) is 13.1 Å². The zero-order chi connectivity index (χ0) is 13.8. The van der Waals surface area contributed by atoms with Crippen molar-refractivity contribution in [3.63, 3.8) is 0 Å². The van der Waals surface area contributed by atoms with Crippen molar-refractivity contribution in [2.75, 3.05) is 18.4 Å². The van der Waals surface area contributed by atoms with Crippen molar-refractivity contribution in [1.82, 2.24) is 5.32 Å². The minimum absolute atomic E-state index is 0.129. The van der Waals surface area contributed by atoms with Crippen molar-refractivity contribution < 1.29 is 14.8 Å². The summed E-state index contributed by atoms with van der Waals surface area (Å²) in [7, 11) is 0. The number of rotatable bonds is 3. The van der Waals surface area contributed by atoms with Crippen LogP contribution in [0.15, 0.2) is 18.2 Å². The number of piperidine rings is 1. The number of phenols is 1. The van der Waals surface area contributed by atoms with E-state index in [2.05, 4.69) is 10.6 Å². The first-order valence-electron chi connectivity index (χ1n) is 6.07. The first-order valence-corrected chi connectivity index (χ1v) is 6.07. The summed E-state index contributed by atoms with van der Waals surface area (Å²) in [5.74, 6) is -0.761. The quantitative estimate of drug-likeness (QED) is 0.433. The van der Waals surface area contributed by atoms with E-state index in [1.807, 2.05) is 0 Å². The Kier molecular flexibility index (Phi) is 3.96. The average molecular weight is 265 g/mol. The summed E-state index contributed by atoms with van der Waals surface area (Å²) in [5.41, 5.74) is -0.432. The molecule has 0 atom stereocenters. The van der Waals surface area contributed by atoms with Crippen LogP contribution in [-0.4, -0.2) is 29.0 Å². The molecule has 0 unspecified atom stereocenters. The molecular weight excluding hydrogens is 250 g/mol. The second-order valence-electron chi connectivity index (χ2n) is 4.44. The van der Waals surface area contributed by atoms with Crippen molar-refractivity contribution in [1.29, 1.82) is 0 Å². The maximum Gasteiger partial charge on any atom is 0.296 e. The van der Waals surface area contributed by atoms with Gasteiger partial charge in [-0.1, -0.05) is 6.07 Å². The summed E-state index contributed by atoms with van der Waals surface area (Å²) in [6.45, 7) is 1.50. The van der Waals surface area contributed by atoms with Gasteiger partial charge in [-0.2, -0.15) is 0 Å². The number of carbonyl (C=O) groups is 1. The number of nitro groups is 1. The molecule has 0 radical (unpaired) electrons. The third-order valence-corrected chi connectivity index (χ3v) is 3.18. The molecule has 7 heteroatoms.